The van der Waals surface area contributed by atoms with Gasteiger partial charge in [-0.25, -0.2) is 4.79 Å². The minimum Gasteiger partial charge on any atom is -0.480 e. The van der Waals surface area contributed by atoms with E-state index >= 15 is 0 Å². The average molecular weight is 416 g/mol. The minimum atomic E-state index is -1.39. The monoisotopic (exact) mass is 416 g/mol. The third-order valence-corrected chi connectivity index (χ3v) is 4.74. The molecule has 0 aliphatic carbocycles. The van der Waals surface area contributed by atoms with E-state index in [1.165, 1.54) is 11.8 Å². The van der Waals surface area contributed by atoms with Crippen molar-refractivity contribution in [3.8, 4) is 0 Å². The zero-order valence-corrected chi connectivity index (χ0v) is 17.0. The molecule has 1 aliphatic heterocycles. The Morgan fingerprint density at radius 1 is 1.17 bits per heavy atom. The van der Waals surface area contributed by atoms with Gasteiger partial charge in [0.2, 0.25) is 17.7 Å². The maximum Gasteiger partial charge on any atom is 0.326 e. The summed E-state index contributed by atoms with van der Waals surface area (Å²) >= 11 is 0. The van der Waals surface area contributed by atoms with Crippen LogP contribution < -0.4 is 16.4 Å². The molecule has 0 saturated carbocycles. The Labute approximate surface area is 169 Å². The molecule has 29 heavy (non-hydrogen) atoms. The van der Waals surface area contributed by atoms with Crippen molar-refractivity contribution in [3.63, 3.8) is 0 Å². The first-order valence-electron chi connectivity index (χ1n) is 9.68. The van der Waals surface area contributed by atoms with Crippen LogP contribution in [-0.4, -0.2) is 87.3 Å². The van der Waals surface area contributed by atoms with Gasteiger partial charge < -0.3 is 36.6 Å². The zero-order chi connectivity index (χ0) is 22.3. The molecular weight excluding hydrogens is 384 g/mol. The van der Waals surface area contributed by atoms with Crippen molar-refractivity contribution in [1.82, 2.24) is 15.5 Å². The van der Waals surface area contributed by atoms with Gasteiger partial charge >= 0.3 is 5.97 Å². The van der Waals surface area contributed by atoms with Crippen LogP contribution in [0.2, 0.25) is 0 Å². The van der Waals surface area contributed by atoms with Crippen LogP contribution in [0, 0.1) is 5.92 Å². The molecule has 11 nitrogen and oxygen atoms in total. The molecule has 0 aromatic rings. The molecule has 0 aromatic carbocycles. The second-order valence-electron chi connectivity index (χ2n) is 7.73. The summed E-state index contributed by atoms with van der Waals surface area (Å²) in [6, 6.07) is -4.58. The number of aliphatic carboxylic acids is 1. The lowest BCUT2D eigenvalue weighted by molar-refractivity contribution is -0.144. The SMILES string of the molecule is CC(C)CC(NC(=O)C(NC(=O)C1CCCN1C(=O)C(N)CO)C(C)O)C(=O)O. The topological polar surface area (TPSA) is 182 Å². The van der Waals surface area contributed by atoms with Crippen LogP contribution in [-0.2, 0) is 19.2 Å². The van der Waals surface area contributed by atoms with E-state index in [4.69, 9.17) is 10.8 Å². The standard InChI is InChI=1S/C18H32N4O7/c1-9(2)7-12(18(28)29)20-16(26)14(10(3)24)21-15(25)13-5-4-6-22(13)17(27)11(19)8-23/h9-14,23-24H,4-8,19H2,1-3H3,(H,20,26)(H,21,25)(H,28,29). The predicted octanol–water partition coefficient (Wildman–Crippen LogP) is -2.22. The van der Waals surface area contributed by atoms with E-state index in [0.717, 1.165) is 0 Å². The number of likely N-dealkylation sites (tertiary alicyclic amines) is 1. The fourth-order valence-corrected chi connectivity index (χ4v) is 3.20. The summed E-state index contributed by atoms with van der Waals surface area (Å²) in [5.41, 5.74) is 5.55. The largest absolute Gasteiger partial charge is 0.480 e. The van der Waals surface area contributed by atoms with Crippen molar-refractivity contribution in [3.05, 3.63) is 0 Å². The summed E-state index contributed by atoms with van der Waals surface area (Å²) in [6.07, 6.45) is -0.221. The lowest BCUT2D eigenvalue weighted by atomic mass is 10.0. The van der Waals surface area contributed by atoms with Crippen LogP contribution in [0.25, 0.3) is 0 Å². The van der Waals surface area contributed by atoms with Crippen molar-refractivity contribution in [2.75, 3.05) is 13.2 Å². The second kappa shape index (κ2) is 11.1. The Hall–Kier alpha value is -2.24. The molecule has 1 heterocycles. The number of carbonyl (C=O) groups excluding carboxylic acids is 3. The van der Waals surface area contributed by atoms with E-state index in [-0.39, 0.29) is 18.9 Å². The highest BCUT2D eigenvalue weighted by Crippen LogP contribution is 2.18. The predicted molar refractivity (Wildman–Crippen MR) is 102 cm³/mol. The first-order chi connectivity index (χ1) is 13.5. The normalized spacial score (nSPS) is 20.7. The minimum absolute atomic E-state index is 0.00443. The number of carboxylic acids is 1. The van der Waals surface area contributed by atoms with Gasteiger partial charge in [-0.1, -0.05) is 13.8 Å². The smallest absolute Gasteiger partial charge is 0.326 e. The Kier molecular flexibility index (Phi) is 9.47. The van der Waals surface area contributed by atoms with Gasteiger partial charge in [-0.05, 0) is 32.1 Å². The Balaban J connectivity index is 2.86. The molecule has 5 unspecified atom stereocenters. The van der Waals surface area contributed by atoms with Gasteiger partial charge in [-0.2, -0.15) is 0 Å². The summed E-state index contributed by atoms with van der Waals surface area (Å²) in [5, 5.41) is 33.0. The third kappa shape index (κ3) is 6.94. The van der Waals surface area contributed by atoms with E-state index in [9.17, 15) is 29.4 Å². The van der Waals surface area contributed by atoms with Crippen molar-refractivity contribution in [2.24, 2.45) is 11.7 Å². The number of rotatable bonds is 10. The molecule has 1 saturated heterocycles. The maximum absolute atomic E-state index is 12.7. The van der Waals surface area contributed by atoms with Gasteiger partial charge in [0.25, 0.3) is 0 Å². The Morgan fingerprint density at radius 2 is 1.79 bits per heavy atom. The molecule has 11 heteroatoms. The van der Waals surface area contributed by atoms with Crippen molar-refractivity contribution in [1.29, 1.82) is 0 Å². The molecule has 166 valence electrons. The quantitative estimate of drug-likeness (QED) is 0.231. The molecule has 1 aliphatic rings. The molecule has 0 spiro atoms. The number of aliphatic hydroxyl groups excluding tert-OH is 2. The third-order valence-electron chi connectivity index (χ3n) is 4.74. The highest BCUT2D eigenvalue weighted by Gasteiger charge is 2.38. The number of hydrogen-bond acceptors (Lipinski definition) is 7. The summed E-state index contributed by atoms with van der Waals surface area (Å²) in [6.45, 7) is 4.63. The molecular formula is C18H32N4O7. The van der Waals surface area contributed by atoms with Gasteiger partial charge in [0.15, 0.2) is 0 Å². The molecule has 1 rings (SSSR count). The fraction of sp³-hybridized carbons (Fsp3) is 0.778. The molecule has 5 atom stereocenters. The molecule has 0 bridgehead atoms. The second-order valence-corrected chi connectivity index (χ2v) is 7.73. The summed E-state index contributed by atoms with van der Waals surface area (Å²) in [7, 11) is 0. The van der Waals surface area contributed by atoms with Gasteiger partial charge in [0, 0.05) is 6.54 Å². The van der Waals surface area contributed by atoms with Crippen LogP contribution >= 0.6 is 0 Å². The van der Waals surface area contributed by atoms with Gasteiger partial charge in [-0.15, -0.1) is 0 Å². The van der Waals surface area contributed by atoms with Gasteiger partial charge in [0.1, 0.15) is 24.2 Å². The van der Waals surface area contributed by atoms with Gasteiger partial charge in [-0.3, -0.25) is 14.4 Å². The van der Waals surface area contributed by atoms with Crippen LogP contribution in [0.4, 0.5) is 0 Å². The van der Waals surface area contributed by atoms with Crippen LogP contribution in [0.15, 0.2) is 0 Å². The molecule has 0 aromatic heterocycles. The molecule has 3 amide bonds. The van der Waals surface area contributed by atoms with Crippen molar-refractivity contribution >= 4 is 23.7 Å². The molecule has 7 N–H and O–H groups in total. The van der Waals surface area contributed by atoms with E-state index in [0.29, 0.717) is 12.8 Å². The van der Waals surface area contributed by atoms with E-state index in [1.54, 1.807) is 13.8 Å². The number of carboxylic acid groups (broad SMARTS) is 1. The van der Waals surface area contributed by atoms with E-state index in [1.807, 2.05) is 0 Å². The number of nitrogens with two attached hydrogens (primary N) is 1. The number of amides is 3. The summed E-state index contributed by atoms with van der Waals surface area (Å²) < 4.78 is 0. The number of nitrogens with one attached hydrogen (secondary N) is 2. The highest BCUT2D eigenvalue weighted by molar-refractivity contribution is 5.94. The van der Waals surface area contributed by atoms with Crippen LogP contribution in [0.5, 0.6) is 0 Å². The highest BCUT2D eigenvalue weighted by atomic mass is 16.4. The Bertz CT molecular complexity index is 611. The Morgan fingerprint density at radius 3 is 2.28 bits per heavy atom. The number of nitrogens with zero attached hydrogens (tertiary/aromatic N) is 1. The lowest BCUT2D eigenvalue weighted by Gasteiger charge is -2.29. The van der Waals surface area contributed by atoms with Crippen LogP contribution in [0.1, 0.15) is 40.0 Å². The molecule has 1 fully saturated rings. The summed E-state index contributed by atoms with van der Waals surface area (Å²) in [5.74, 6) is -3.27. The van der Waals surface area contributed by atoms with Gasteiger partial charge in [0.05, 0.1) is 12.7 Å². The van der Waals surface area contributed by atoms with Crippen molar-refractivity contribution in [2.45, 2.75) is 70.3 Å². The van der Waals surface area contributed by atoms with E-state index in [2.05, 4.69) is 10.6 Å². The average Bonchev–Trinajstić information content (AvgIpc) is 3.12. The van der Waals surface area contributed by atoms with Crippen molar-refractivity contribution < 1.29 is 34.5 Å². The van der Waals surface area contributed by atoms with E-state index < -0.39 is 60.6 Å². The molecule has 0 radical (unpaired) electrons. The lowest BCUT2D eigenvalue weighted by Crippen LogP contribution is -2.59. The number of carbonyl (C=O) groups is 4. The summed E-state index contributed by atoms with van der Waals surface area (Å²) in [4.78, 5) is 50.0. The maximum atomic E-state index is 12.7. The zero-order valence-electron chi connectivity index (χ0n) is 17.0. The first kappa shape index (κ1) is 24.8. The fourth-order valence-electron chi connectivity index (χ4n) is 3.20. The first-order valence-corrected chi connectivity index (χ1v) is 9.68. The van der Waals surface area contributed by atoms with Crippen LogP contribution in [0.3, 0.4) is 0 Å². The number of hydrogen-bond donors (Lipinski definition) is 6. The number of aliphatic hydroxyl groups is 2.